The van der Waals surface area contributed by atoms with Gasteiger partial charge in [-0.3, -0.25) is 9.36 Å². The number of benzene rings is 1. The maximum atomic E-state index is 12.6. The Balaban J connectivity index is 1.73. The number of ether oxygens (including phenoxy) is 1. The van der Waals surface area contributed by atoms with E-state index < -0.39 is 6.55 Å². The van der Waals surface area contributed by atoms with Crippen LogP contribution in [-0.2, 0) is 11.2 Å². The molecule has 0 aliphatic carbocycles. The fourth-order valence-corrected chi connectivity index (χ4v) is 1.93. The van der Waals surface area contributed by atoms with Crippen LogP contribution in [0.5, 0.6) is 5.75 Å². The number of halogens is 2. The Kier molecular flexibility index (Phi) is 5.46. The van der Waals surface area contributed by atoms with Crippen LogP contribution in [0.3, 0.4) is 0 Å². The summed E-state index contributed by atoms with van der Waals surface area (Å²) in [4.78, 5) is 15.5. The third-order valence-corrected chi connectivity index (χ3v) is 2.99. The summed E-state index contributed by atoms with van der Waals surface area (Å²) in [6.07, 6.45) is 2.75. The number of imidazole rings is 1. The first-order valence-electron chi connectivity index (χ1n) is 6.82. The third-order valence-electron chi connectivity index (χ3n) is 2.99. The second kappa shape index (κ2) is 7.53. The van der Waals surface area contributed by atoms with Crippen LogP contribution < -0.4 is 10.1 Å². The Hall–Kier alpha value is -2.44. The Labute approximate surface area is 126 Å². The Morgan fingerprint density at radius 1 is 1.45 bits per heavy atom. The maximum absolute atomic E-state index is 12.6. The van der Waals surface area contributed by atoms with Gasteiger partial charge in [-0.15, -0.1) is 0 Å². The van der Waals surface area contributed by atoms with E-state index in [0.29, 0.717) is 5.75 Å². The van der Waals surface area contributed by atoms with E-state index in [1.807, 2.05) is 25.1 Å². The van der Waals surface area contributed by atoms with Crippen molar-refractivity contribution in [2.75, 3.05) is 13.2 Å². The molecule has 0 bridgehead atoms. The molecular formula is C15H17F2N3O2. The number of nitrogens with one attached hydrogen (secondary N) is 1. The number of aryl methyl sites for hydroxylation is 1. The quantitative estimate of drug-likeness (QED) is 0.854. The molecule has 118 valence electrons. The van der Waals surface area contributed by atoms with Crippen LogP contribution in [-0.4, -0.2) is 28.6 Å². The average Bonchev–Trinajstić information content (AvgIpc) is 2.94. The number of carbonyl (C=O) groups is 1. The predicted molar refractivity (Wildman–Crippen MR) is 76.9 cm³/mol. The molecule has 1 heterocycles. The van der Waals surface area contributed by atoms with E-state index in [1.54, 1.807) is 6.07 Å². The highest BCUT2D eigenvalue weighted by molar-refractivity contribution is 5.77. The summed E-state index contributed by atoms with van der Waals surface area (Å²) < 4.78 is 31.3. The van der Waals surface area contributed by atoms with Gasteiger partial charge < -0.3 is 10.1 Å². The van der Waals surface area contributed by atoms with Crippen molar-refractivity contribution < 1.29 is 18.3 Å². The third kappa shape index (κ3) is 4.54. The van der Waals surface area contributed by atoms with E-state index >= 15 is 0 Å². The average molecular weight is 309 g/mol. The van der Waals surface area contributed by atoms with E-state index in [9.17, 15) is 13.6 Å². The molecular weight excluding hydrogens is 292 g/mol. The lowest BCUT2D eigenvalue weighted by Gasteiger charge is -2.09. The van der Waals surface area contributed by atoms with Crippen molar-refractivity contribution in [3.05, 3.63) is 48.0 Å². The van der Waals surface area contributed by atoms with Crippen molar-refractivity contribution in [1.82, 2.24) is 14.9 Å². The van der Waals surface area contributed by atoms with Crippen molar-refractivity contribution >= 4 is 5.91 Å². The SMILES string of the molecule is Cc1cccc(OCC(=O)NCCc2nccn2C(F)F)c1. The Morgan fingerprint density at radius 2 is 2.27 bits per heavy atom. The molecule has 2 rings (SSSR count). The van der Waals surface area contributed by atoms with Gasteiger partial charge in [-0.2, -0.15) is 8.78 Å². The highest BCUT2D eigenvalue weighted by Gasteiger charge is 2.11. The van der Waals surface area contributed by atoms with Gasteiger partial charge in [-0.25, -0.2) is 4.98 Å². The summed E-state index contributed by atoms with van der Waals surface area (Å²) >= 11 is 0. The highest BCUT2D eigenvalue weighted by atomic mass is 19.3. The number of aromatic nitrogens is 2. The van der Waals surface area contributed by atoms with Crippen molar-refractivity contribution in [2.24, 2.45) is 0 Å². The van der Waals surface area contributed by atoms with E-state index in [1.165, 1.54) is 12.4 Å². The standard InChI is InChI=1S/C15H17F2N3O2/c1-11-3-2-4-12(9-11)22-10-14(21)19-6-5-13-18-7-8-20(13)15(16)17/h2-4,7-9,15H,5-6,10H2,1H3,(H,19,21). The van der Waals surface area contributed by atoms with Crippen LogP contribution in [0, 0.1) is 6.92 Å². The fourth-order valence-electron chi connectivity index (χ4n) is 1.93. The Morgan fingerprint density at radius 3 is 3.00 bits per heavy atom. The van der Waals surface area contributed by atoms with Gasteiger partial charge in [0.2, 0.25) is 0 Å². The topological polar surface area (TPSA) is 56.1 Å². The van der Waals surface area contributed by atoms with Crippen molar-refractivity contribution in [3.8, 4) is 5.75 Å². The normalized spacial score (nSPS) is 10.7. The number of amides is 1. The fraction of sp³-hybridized carbons (Fsp3) is 0.333. The first kappa shape index (κ1) is 15.9. The van der Waals surface area contributed by atoms with Gasteiger partial charge in [0.1, 0.15) is 11.6 Å². The van der Waals surface area contributed by atoms with Gasteiger partial charge >= 0.3 is 6.55 Å². The summed E-state index contributed by atoms with van der Waals surface area (Å²) in [5.41, 5.74) is 1.04. The molecule has 22 heavy (non-hydrogen) atoms. The first-order chi connectivity index (χ1) is 10.6. The van der Waals surface area contributed by atoms with Crippen LogP contribution in [0.4, 0.5) is 8.78 Å². The molecule has 0 atom stereocenters. The molecule has 1 aromatic carbocycles. The second-order valence-corrected chi connectivity index (χ2v) is 4.73. The molecule has 0 spiro atoms. The molecule has 7 heteroatoms. The number of alkyl halides is 2. The molecule has 0 radical (unpaired) electrons. The molecule has 0 aliphatic heterocycles. The Bertz CT molecular complexity index is 629. The molecule has 0 fully saturated rings. The first-order valence-corrected chi connectivity index (χ1v) is 6.82. The summed E-state index contributed by atoms with van der Waals surface area (Å²) in [5, 5.41) is 2.61. The zero-order chi connectivity index (χ0) is 15.9. The lowest BCUT2D eigenvalue weighted by Crippen LogP contribution is -2.31. The van der Waals surface area contributed by atoms with Gasteiger partial charge in [0.25, 0.3) is 5.91 Å². The summed E-state index contributed by atoms with van der Waals surface area (Å²) in [5.74, 6) is 0.537. The van der Waals surface area contributed by atoms with Crippen LogP contribution >= 0.6 is 0 Å². The maximum Gasteiger partial charge on any atom is 0.319 e. The predicted octanol–water partition coefficient (Wildman–Crippen LogP) is 2.32. The molecule has 1 amide bonds. The zero-order valence-electron chi connectivity index (χ0n) is 12.1. The van der Waals surface area contributed by atoms with Gasteiger partial charge in [-0.1, -0.05) is 12.1 Å². The molecule has 0 saturated carbocycles. The minimum Gasteiger partial charge on any atom is -0.484 e. The molecule has 2 aromatic rings. The van der Waals surface area contributed by atoms with Crippen molar-refractivity contribution in [3.63, 3.8) is 0 Å². The van der Waals surface area contributed by atoms with Crippen LogP contribution in [0.25, 0.3) is 0 Å². The summed E-state index contributed by atoms with van der Waals surface area (Å²) in [7, 11) is 0. The van der Waals surface area contributed by atoms with E-state index in [-0.39, 0.29) is 31.3 Å². The van der Waals surface area contributed by atoms with Crippen LogP contribution in [0.1, 0.15) is 17.9 Å². The molecule has 0 unspecified atom stereocenters. The molecule has 0 saturated heterocycles. The number of carbonyl (C=O) groups excluding carboxylic acids is 1. The molecule has 5 nitrogen and oxygen atoms in total. The number of hydrogen-bond acceptors (Lipinski definition) is 3. The van der Waals surface area contributed by atoms with Crippen LogP contribution in [0.15, 0.2) is 36.7 Å². The second-order valence-electron chi connectivity index (χ2n) is 4.73. The number of nitrogens with zero attached hydrogens (tertiary/aromatic N) is 2. The highest BCUT2D eigenvalue weighted by Crippen LogP contribution is 2.13. The molecule has 1 aromatic heterocycles. The van der Waals surface area contributed by atoms with E-state index in [4.69, 9.17) is 4.74 Å². The van der Waals surface area contributed by atoms with Crippen molar-refractivity contribution in [2.45, 2.75) is 19.9 Å². The van der Waals surface area contributed by atoms with E-state index in [2.05, 4.69) is 10.3 Å². The van der Waals surface area contributed by atoms with Crippen LogP contribution in [0.2, 0.25) is 0 Å². The lowest BCUT2D eigenvalue weighted by atomic mass is 10.2. The van der Waals surface area contributed by atoms with Gasteiger partial charge in [0, 0.05) is 25.4 Å². The van der Waals surface area contributed by atoms with Gasteiger partial charge in [-0.05, 0) is 24.6 Å². The van der Waals surface area contributed by atoms with E-state index in [0.717, 1.165) is 10.1 Å². The van der Waals surface area contributed by atoms with Gasteiger partial charge in [0.05, 0.1) is 0 Å². The minimum atomic E-state index is -2.63. The minimum absolute atomic E-state index is 0.118. The monoisotopic (exact) mass is 309 g/mol. The lowest BCUT2D eigenvalue weighted by molar-refractivity contribution is -0.123. The smallest absolute Gasteiger partial charge is 0.319 e. The summed E-state index contributed by atoms with van der Waals surface area (Å²) in [6, 6.07) is 7.36. The zero-order valence-corrected chi connectivity index (χ0v) is 12.1. The van der Waals surface area contributed by atoms with Crippen molar-refractivity contribution in [1.29, 1.82) is 0 Å². The van der Waals surface area contributed by atoms with Gasteiger partial charge in [0.15, 0.2) is 6.61 Å². The number of rotatable bonds is 7. The largest absolute Gasteiger partial charge is 0.484 e. The molecule has 1 N–H and O–H groups in total. The number of hydrogen-bond donors (Lipinski definition) is 1. The summed E-state index contributed by atoms with van der Waals surface area (Å²) in [6.45, 7) is -0.595. The molecule has 0 aliphatic rings.